The Balaban J connectivity index is 1.43. The van der Waals surface area contributed by atoms with Crippen LogP contribution in [0.5, 0.6) is 5.75 Å². The van der Waals surface area contributed by atoms with Crippen molar-refractivity contribution in [3.8, 4) is 5.75 Å². The van der Waals surface area contributed by atoms with E-state index in [9.17, 15) is 9.59 Å². The number of rotatable bonds is 7. The molecule has 7 nitrogen and oxygen atoms in total. The third-order valence-corrected chi connectivity index (χ3v) is 6.50. The van der Waals surface area contributed by atoms with E-state index in [1.165, 1.54) is 18.2 Å². The summed E-state index contributed by atoms with van der Waals surface area (Å²) in [5, 5.41) is 5.93. The zero-order valence-electron chi connectivity index (χ0n) is 20.6. The maximum atomic E-state index is 13.4. The molecule has 37 heavy (non-hydrogen) atoms. The molecular formula is C30H28N4O3. The first-order valence-electron chi connectivity index (χ1n) is 12.2. The normalized spacial score (nSPS) is 12.4. The quantitative estimate of drug-likeness (QED) is 0.386. The van der Waals surface area contributed by atoms with Crippen molar-refractivity contribution in [2.24, 2.45) is 0 Å². The van der Waals surface area contributed by atoms with E-state index in [1.807, 2.05) is 36.4 Å². The Hall–Kier alpha value is -4.65. The first-order valence-corrected chi connectivity index (χ1v) is 12.2. The summed E-state index contributed by atoms with van der Waals surface area (Å²) >= 11 is 0. The van der Waals surface area contributed by atoms with Crippen molar-refractivity contribution in [3.63, 3.8) is 0 Å². The van der Waals surface area contributed by atoms with E-state index in [0.29, 0.717) is 35.7 Å². The average molecular weight is 493 g/mol. The summed E-state index contributed by atoms with van der Waals surface area (Å²) in [7, 11) is 1.53. The fourth-order valence-electron chi connectivity index (χ4n) is 4.58. The second kappa shape index (κ2) is 11.0. The maximum Gasteiger partial charge on any atom is 0.259 e. The van der Waals surface area contributed by atoms with Crippen LogP contribution in [0.15, 0.2) is 91.3 Å². The van der Waals surface area contributed by atoms with Gasteiger partial charge in [0.25, 0.3) is 11.8 Å². The van der Waals surface area contributed by atoms with Crippen LogP contribution in [0, 0.1) is 0 Å². The number of carbonyl (C=O) groups excluding carboxylic acids is 2. The van der Waals surface area contributed by atoms with Crippen LogP contribution in [0.3, 0.4) is 0 Å². The standard InChI is InChI=1S/C30H28N4O3/c1-37-28-11-5-4-10-25(28)30(36)33-24-12-13-27(34-16-14-22-8-2-3-9-23(22)20-34)26(17-24)29(35)32-19-21-7-6-15-31-18-21/h2-13,15,17-18H,14,16,19-20H2,1H3,(H,32,35)(H,33,36). The lowest BCUT2D eigenvalue weighted by molar-refractivity contribution is 0.0949. The van der Waals surface area contributed by atoms with Crippen molar-refractivity contribution in [1.29, 1.82) is 0 Å². The Kier molecular flexibility index (Phi) is 7.12. The van der Waals surface area contributed by atoms with Crippen LogP contribution in [0.1, 0.15) is 37.4 Å². The van der Waals surface area contributed by atoms with E-state index in [0.717, 1.165) is 24.2 Å². The molecule has 0 unspecified atom stereocenters. The molecule has 0 saturated carbocycles. The molecule has 1 aliphatic rings. The summed E-state index contributed by atoms with van der Waals surface area (Å²) in [5.74, 6) is -0.0389. The molecule has 0 aliphatic carbocycles. The molecule has 7 heteroatoms. The van der Waals surface area contributed by atoms with Gasteiger partial charge in [0.05, 0.1) is 18.2 Å². The molecule has 4 aromatic rings. The van der Waals surface area contributed by atoms with Crippen LogP contribution in [0.25, 0.3) is 0 Å². The van der Waals surface area contributed by atoms with Crippen molar-refractivity contribution in [2.75, 3.05) is 23.9 Å². The number of amides is 2. The van der Waals surface area contributed by atoms with Gasteiger partial charge in [-0.25, -0.2) is 0 Å². The number of anilines is 2. The van der Waals surface area contributed by atoms with Crippen molar-refractivity contribution >= 4 is 23.2 Å². The van der Waals surface area contributed by atoms with Gasteiger partial charge < -0.3 is 20.3 Å². The summed E-state index contributed by atoms with van der Waals surface area (Å²) in [4.78, 5) is 32.8. The smallest absolute Gasteiger partial charge is 0.259 e. The van der Waals surface area contributed by atoms with Crippen LogP contribution in [-0.2, 0) is 19.5 Å². The number of fused-ring (bicyclic) bond motifs is 1. The number of hydrogen-bond acceptors (Lipinski definition) is 5. The van der Waals surface area contributed by atoms with Crippen LogP contribution < -0.4 is 20.3 Å². The molecule has 2 N–H and O–H groups in total. The van der Waals surface area contributed by atoms with Gasteiger partial charge in [0.15, 0.2) is 0 Å². The van der Waals surface area contributed by atoms with Crippen molar-refractivity contribution in [3.05, 3.63) is 119 Å². The molecule has 1 aromatic heterocycles. The Labute approximate surface area is 216 Å². The molecule has 0 saturated heterocycles. The monoisotopic (exact) mass is 492 g/mol. The van der Waals surface area contributed by atoms with Gasteiger partial charge in [0.2, 0.25) is 0 Å². The first kappa shape index (κ1) is 24.1. The van der Waals surface area contributed by atoms with E-state index in [4.69, 9.17) is 4.74 Å². The van der Waals surface area contributed by atoms with Gasteiger partial charge in [-0.3, -0.25) is 14.6 Å². The van der Waals surface area contributed by atoms with E-state index >= 15 is 0 Å². The third kappa shape index (κ3) is 5.46. The van der Waals surface area contributed by atoms with Gasteiger partial charge in [-0.05, 0) is 59.5 Å². The number of pyridine rings is 1. The highest BCUT2D eigenvalue weighted by atomic mass is 16.5. The van der Waals surface area contributed by atoms with E-state index in [1.54, 1.807) is 36.7 Å². The largest absolute Gasteiger partial charge is 0.496 e. The Morgan fingerprint density at radius 3 is 2.54 bits per heavy atom. The molecule has 2 amide bonds. The molecule has 0 fully saturated rings. The summed E-state index contributed by atoms with van der Waals surface area (Å²) in [6, 6.07) is 24.7. The molecule has 5 rings (SSSR count). The molecule has 0 atom stereocenters. The molecule has 186 valence electrons. The molecule has 1 aliphatic heterocycles. The number of aromatic nitrogens is 1. The summed E-state index contributed by atoms with van der Waals surface area (Å²) < 4.78 is 5.33. The highest BCUT2D eigenvalue weighted by Crippen LogP contribution is 2.30. The molecule has 2 heterocycles. The minimum atomic E-state index is -0.307. The second-order valence-electron chi connectivity index (χ2n) is 8.87. The molecule has 0 spiro atoms. The van der Waals surface area contributed by atoms with Crippen molar-refractivity contribution in [2.45, 2.75) is 19.5 Å². The number of methoxy groups -OCH3 is 1. The summed E-state index contributed by atoms with van der Waals surface area (Å²) in [5.41, 5.74) is 5.78. The Bertz CT molecular complexity index is 1420. The van der Waals surface area contributed by atoms with E-state index in [-0.39, 0.29) is 11.8 Å². The van der Waals surface area contributed by atoms with Crippen LogP contribution >= 0.6 is 0 Å². The predicted molar refractivity (Wildman–Crippen MR) is 144 cm³/mol. The number of hydrogen-bond donors (Lipinski definition) is 2. The van der Waals surface area contributed by atoms with Gasteiger partial charge in [-0.15, -0.1) is 0 Å². The van der Waals surface area contributed by atoms with Gasteiger partial charge in [0.1, 0.15) is 5.75 Å². The van der Waals surface area contributed by atoms with Crippen molar-refractivity contribution in [1.82, 2.24) is 10.3 Å². The number of nitrogens with one attached hydrogen (secondary N) is 2. The zero-order valence-corrected chi connectivity index (χ0v) is 20.6. The van der Waals surface area contributed by atoms with Gasteiger partial charge in [-0.2, -0.15) is 0 Å². The highest BCUT2D eigenvalue weighted by molar-refractivity contribution is 6.07. The fourth-order valence-corrected chi connectivity index (χ4v) is 4.58. The van der Waals surface area contributed by atoms with Crippen molar-refractivity contribution < 1.29 is 14.3 Å². The van der Waals surface area contributed by atoms with Gasteiger partial charge in [0, 0.05) is 43.4 Å². The lowest BCUT2D eigenvalue weighted by Gasteiger charge is -2.32. The molecular weight excluding hydrogens is 464 g/mol. The van der Waals surface area contributed by atoms with Crippen LogP contribution in [-0.4, -0.2) is 30.5 Å². The second-order valence-corrected chi connectivity index (χ2v) is 8.87. The topological polar surface area (TPSA) is 83.6 Å². The van der Waals surface area contributed by atoms with Crippen LogP contribution in [0.2, 0.25) is 0 Å². The van der Waals surface area contributed by atoms with E-state index < -0.39 is 0 Å². The zero-order chi connectivity index (χ0) is 25.6. The number of ether oxygens (including phenoxy) is 1. The molecule has 3 aromatic carbocycles. The lowest BCUT2D eigenvalue weighted by Crippen LogP contribution is -2.33. The van der Waals surface area contributed by atoms with Crippen LogP contribution in [0.4, 0.5) is 11.4 Å². The lowest BCUT2D eigenvalue weighted by atomic mass is 9.98. The first-order chi connectivity index (χ1) is 18.1. The van der Waals surface area contributed by atoms with Gasteiger partial charge >= 0.3 is 0 Å². The minimum Gasteiger partial charge on any atom is -0.496 e. The number of benzene rings is 3. The SMILES string of the molecule is COc1ccccc1C(=O)Nc1ccc(N2CCc3ccccc3C2)c(C(=O)NCc2cccnc2)c1. The van der Waals surface area contributed by atoms with Gasteiger partial charge in [-0.1, -0.05) is 42.5 Å². The number of nitrogens with zero attached hydrogens (tertiary/aromatic N) is 2. The minimum absolute atomic E-state index is 0.217. The Morgan fingerprint density at radius 2 is 1.73 bits per heavy atom. The third-order valence-electron chi connectivity index (χ3n) is 6.50. The summed E-state index contributed by atoms with van der Waals surface area (Å²) in [6.07, 6.45) is 4.33. The molecule has 0 bridgehead atoms. The highest BCUT2D eigenvalue weighted by Gasteiger charge is 2.22. The number of para-hydroxylation sites is 1. The predicted octanol–water partition coefficient (Wildman–Crippen LogP) is 4.84. The average Bonchev–Trinajstić information content (AvgIpc) is 2.96. The van der Waals surface area contributed by atoms with E-state index in [2.05, 4.69) is 38.7 Å². The molecule has 0 radical (unpaired) electrons. The summed E-state index contributed by atoms with van der Waals surface area (Å²) in [6.45, 7) is 1.87. The maximum absolute atomic E-state index is 13.4. The number of carbonyl (C=O) groups is 2. The fraction of sp³-hybridized carbons (Fsp3) is 0.167. The Morgan fingerprint density at radius 1 is 0.919 bits per heavy atom.